The maximum atomic E-state index is 16.8. The Hall–Kier alpha value is -3.90. The molecule has 5 aliphatic rings. The zero-order valence-corrected chi connectivity index (χ0v) is 23.9. The second kappa shape index (κ2) is 9.55. The van der Waals surface area contributed by atoms with Gasteiger partial charge in [-0.25, -0.2) is 18.2 Å². The Labute approximate surface area is 251 Å². The number of ether oxygens (including phenoxy) is 2. The molecule has 9 rings (SSSR count). The highest BCUT2D eigenvalue weighted by Crippen LogP contribution is 2.45. The van der Waals surface area contributed by atoms with Gasteiger partial charge in [-0.1, -0.05) is 12.1 Å². The number of hydrogen-bond donors (Lipinski definition) is 2. The normalized spacial score (nSPS) is 29.1. The van der Waals surface area contributed by atoms with Gasteiger partial charge in [-0.2, -0.15) is 9.97 Å². The number of phenols is 1. The number of halogens is 3. The minimum Gasteiger partial charge on any atom is -0.508 e. The number of aromatic nitrogens is 3. The van der Waals surface area contributed by atoms with E-state index in [0.29, 0.717) is 36.1 Å². The van der Waals surface area contributed by atoms with Gasteiger partial charge < -0.3 is 24.8 Å². The van der Waals surface area contributed by atoms with Gasteiger partial charge in [0.25, 0.3) is 0 Å². The van der Waals surface area contributed by atoms with Crippen molar-refractivity contribution in [1.82, 2.24) is 25.2 Å². The van der Waals surface area contributed by atoms with E-state index in [9.17, 15) is 9.50 Å². The molecule has 2 bridgehead atoms. The van der Waals surface area contributed by atoms with Gasteiger partial charge in [-0.05, 0) is 55.8 Å². The number of piperazine rings is 1. The number of hydrogen-bond acceptors (Lipinski definition) is 9. The molecule has 2 aromatic carbocycles. The quantitative estimate of drug-likeness (QED) is 0.350. The van der Waals surface area contributed by atoms with Crippen molar-refractivity contribution in [2.75, 3.05) is 37.7 Å². The minimum absolute atomic E-state index is 0.00323. The number of phenolic OH excluding ortho intramolecular Hbond substituents is 1. The number of alkyl halides is 1. The van der Waals surface area contributed by atoms with Crippen LogP contribution in [0.1, 0.15) is 32.1 Å². The van der Waals surface area contributed by atoms with Gasteiger partial charge >= 0.3 is 6.01 Å². The zero-order chi connectivity index (χ0) is 29.7. The molecule has 4 saturated heterocycles. The van der Waals surface area contributed by atoms with Crippen molar-refractivity contribution in [2.45, 2.75) is 61.9 Å². The lowest BCUT2D eigenvalue weighted by Crippen LogP contribution is -2.60. The van der Waals surface area contributed by atoms with Gasteiger partial charge in [0, 0.05) is 42.5 Å². The molecular weight excluding hydrogens is 573 g/mol. The lowest BCUT2D eigenvalue weighted by molar-refractivity contribution is 0.107. The Morgan fingerprint density at radius 1 is 1.11 bits per heavy atom. The Morgan fingerprint density at radius 3 is 2.93 bits per heavy atom. The second-order valence-electron chi connectivity index (χ2n) is 12.9. The number of pyridine rings is 1. The Kier molecular flexibility index (Phi) is 5.75. The van der Waals surface area contributed by atoms with Gasteiger partial charge in [-0.3, -0.25) is 4.90 Å². The molecule has 12 heteroatoms. The van der Waals surface area contributed by atoms with Crippen LogP contribution in [0.3, 0.4) is 0 Å². The molecule has 2 N–H and O–H groups in total. The maximum Gasteiger partial charge on any atom is 0.319 e. The molecular formula is C32H31F3N6O3. The second-order valence-corrected chi connectivity index (χ2v) is 12.9. The number of anilines is 1. The summed E-state index contributed by atoms with van der Waals surface area (Å²) in [6.07, 6.45) is 3.24. The maximum absolute atomic E-state index is 16.8. The smallest absolute Gasteiger partial charge is 0.319 e. The number of benzene rings is 2. The summed E-state index contributed by atoms with van der Waals surface area (Å²) in [6.45, 7) is 2.34. The van der Waals surface area contributed by atoms with Crippen LogP contribution in [-0.4, -0.2) is 87.6 Å². The molecule has 0 amide bonds. The van der Waals surface area contributed by atoms with Crippen LogP contribution in [0.15, 0.2) is 30.3 Å². The monoisotopic (exact) mass is 604 g/mol. The first-order chi connectivity index (χ1) is 21.4. The molecule has 228 valence electrons. The van der Waals surface area contributed by atoms with Crippen LogP contribution in [0.5, 0.6) is 17.6 Å². The third-order valence-corrected chi connectivity index (χ3v) is 10.3. The Bertz CT molecular complexity index is 1840. The number of nitrogens with zero attached hydrogens (tertiary/aromatic N) is 5. The lowest BCUT2D eigenvalue weighted by atomic mass is 9.95. The SMILES string of the molecule is Oc1cc(-c2nc3c4c(nc(OC[C@]56CCCN5C[C@@H](F)C6)nc4c2F)N2C[C@H]4CC[C@H](N4)[C@@H]2CO3)c2c(F)cccc2c1. The van der Waals surface area contributed by atoms with Crippen molar-refractivity contribution < 1.29 is 27.8 Å². The first kappa shape index (κ1) is 26.5. The molecule has 0 saturated carbocycles. The average Bonchev–Trinajstić information content (AvgIpc) is 3.64. The molecule has 4 fully saturated rings. The van der Waals surface area contributed by atoms with E-state index in [1.54, 1.807) is 6.07 Å². The van der Waals surface area contributed by atoms with Crippen LogP contribution in [0.25, 0.3) is 32.9 Å². The van der Waals surface area contributed by atoms with Crippen LogP contribution in [0.4, 0.5) is 19.0 Å². The number of rotatable bonds is 4. The first-order valence-corrected chi connectivity index (χ1v) is 15.4. The third kappa shape index (κ3) is 3.89. The van der Waals surface area contributed by atoms with Gasteiger partial charge in [0.2, 0.25) is 5.88 Å². The molecule has 0 aliphatic carbocycles. The Morgan fingerprint density at radius 2 is 2.02 bits per heavy atom. The van der Waals surface area contributed by atoms with Crippen molar-refractivity contribution in [3.05, 3.63) is 42.0 Å². The van der Waals surface area contributed by atoms with E-state index >= 15 is 8.78 Å². The van der Waals surface area contributed by atoms with E-state index in [1.165, 1.54) is 24.3 Å². The predicted octanol–water partition coefficient (Wildman–Crippen LogP) is 4.49. The number of aromatic hydroxyl groups is 1. The van der Waals surface area contributed by atoms with E-state index < -0.39 is 23.3 Å². The summed E-state index contributed by atoms with van der Waals surface area (Å²) in [5.74, 6) is -0.881. The highest BCUT2D eigenvalue weighted by Gasteiger charge is 2.50. The molecule has 0 radical (unpaired) electrons. The van der Waals surface area contributed by atoms with E-state index in [4.69, 9.17) is 14.5 Å². The van der Waals surface area contributed by atoms with Gasteiger partial charge in [0.15, 0.2) is 5.82 Å². The summed E-state index contributed by atoms with van der Waals surface area (Å²) in [6, 6.07) is 7.54. The van der Waals surface area contributed by atoms with Crippen molar-refractivity contribution in [1.29, 1.82) is 0 Å². The summed E-state index contributed by atoms with van der Waals surface area (Å²) in [7, 11) is 0. The van der Waals surface area contributed by atoms with E-state index in [2.05, 4.69) is 25.1 Å². The van der Waals surface area contributed by atoms with Crippen LogP contribution < -0.4 is 19.7 Å². The van der Waals surface area contributed by atoms with Crippen molar-refractivity contribution in [3.63, 3.8) is 0 Å². The van der Waals surface area contributed by atoms with Crippen molar-refractivity contribution >= 4 is 27.5 Å². The first-order valence-electron chi connectivity index (χ1n) is 15.4. The minimum atomic E-state index is -0.915. The lowest BCUT2D eigenvalue weighted by Gasteiger charge is -2.40. The van der Waals surface area contributed by atoms with E-state index in [1.807, 2.05) is 0 Å². The summed E-state index contributed by atoms with van der Waals surface area (Å²) in [5, 5.41) is 15.0. The number of nitrogens with one attached hydrogen (secondary N) is 1. The molecule has 0 unspecified atom stereocenters. The van der Waals surface area contributed by atoms with Gasteiger partial charge in [0.1, 0.15) is 53.4 Å². The van der Waals surface area contributed by atoms with Crippen LogP contribution in [0, 0.1) is 11.6 Å². The highest BCUT2D eigenvalue weighted by molar-refractivity contribution is 6.02. The fourth-order valence-electron chi connectivity index (χ4n) is 8.36. The molecule has 44 heavy (non-hydrogen) atoms. The molecule has 5 aliphatic heterocycles. The zero-order valence-electron chi connectivity index (χ0n) is 23.9. The molecule has 2 aromatic heterocycles. The Balaban J connectivity index is 1.23. The largest absolute Gasteiger partial charge is 0.508 e. The average molecular weight is 605 g/mol. The van der Waals surface area contributed by atoms with Crippen molar-refractivity contribution in [3.8, 4) is 28.9 Å². The molecule has 5 atom stereocenters. The standard InChI is InChI=1S/C32H31F3N6O3/c33-17-11-32(7-2-8-40(32)12-17)15-44-31-38-28-25-29(39-31)41-13-18-5-6-22(36-18)23(41)14-43-30(25)37-27(26(28)35)20-10-19(42)9-16-3-1-4-21(34)24(16)20/h1,3-4,9-10,17-18,22-23,36,42H,2,5-8,11-15H2/t17-,18+,22-,23-,32+/m0/s1. The van der Waals surface area contributed by atoms with Gasteiger partial charge in [0.05, 0.1) is 11.6 Å². The fourth-order valence-corrected chi connectivity index (χ4v) is 8.36. The van der Waals surface area contributed by atoms with Crippen LogP contribution in [-0.2, 0) is 0 Å². The molecule has 9 nitrogen and oxygen atoms in total. The summed E-state index contributed by atoms with van der Waals surface area (Å²) in [5.41, 5.74) is -0.593. The highest BCUT2D eigenvalue weighted by atomic mass is 19.1. The third-order valence-electron chi connectivity index (χ3n) is 10.3. The van der Waals surface area contributed by atoms with E-state index in [-0.39, 0.29) is 71.1 Å². The summed E-state index contributed by atoms with van der Waals surface area (Å²) >= 11 is 0. The molecule has 4 aromatic rings. The van der Waals surface area contributed by atoms with Gasteiger partial charge in [-0.15, -0.1) is 0 Å². The van der Waals surface area contributed by atoms with Crippen molar-refractivity contribution in [2.24, 2.45) is 0 Å². The van der Waals surface area contributed by atoms with E-state index in [0.717, 1.165) is 32.2 Å². The predicted molar refractivity (Wildman–Crippen MR) is 157 cm³/mol. The molecule has 0 spiro atoms. The van der Waals surface area contributed by atoms with Crippen LogP contribution in [0.2, 0.25) is 0 Å². The fraction of sp³-hybridized carbons (Fsp3) is 0.469. The summed E-state index contributed by atoms with van der Waals surface area (Å²) < 4.78 is 59.1. The topological polar surface area (TPSA) is 95.9 Å². The summed E-state index contributed by atoms with van der Waals surface area (Å²) in [4.78, 5) is 18.3. The number of fused-ring (bicyclic) bond motifs is 7. The molecule has 7 heterocycles. The van der Waals surface area contributed by atoms with Crippen LogP contribution >= 0.6 is 0 Å².